The quantitative estimate of drug-likeness (QED) is 0.651. The molecule has 156 valence electrons. The Kier molecular flexibility index (Phi) is 6.97. The van der Waals surface area contributed by atoms with Gasteiger partial charge in [0.25, 0.3) is 5.91 Å². The van der Waals surface area contributed by atoms with Crippen LogP contribution in [0.1, 0.15) is 43.5 Å². The average Bonchev–Trinajstić information content (AvgIpc) is 2.69. The van der Waals surface area contributed by atoms with Crippen molar-refractivity contribution in [2.75, 3.05) is 18.4 Å². The number of benzene rings is 2. The van der Waals surface area contributed by atoms with E-state index in [4.69, 9.17) is 4.74 Å². The molecule has 0 saturated carbocycles. The zero-order chi connectivity index (χ0) is 21.0. The number of carbonyl (C=O) groups excluding carboxylic acids is 1. The summed E-state index contributed by atoms with van der Waals surface area (Å²) in [7, 11) is -3.62. The molecular formula is C21H25BrN2O4S. The highest BCUT2D eigenvalue weighted by molar-refractivity contribution is 9.10. The van der Waals surface area contributed by atoms with Crippen LogP contribution in [0.25, 0.3) is 0 Å². The molecule has 8 heteroatoms. The van der Waals surface area contributed by atoms with Gasteiger partial charge in [0.2, 0.25) is 10.0 Å². The summed E-state index contributed by atoms with van der Waals surface area (Å²) in [5.74, 6) is 0.0802. The normalized spacial score (nSPS) is 15.3. The van der Waals surface area contributed by atoms with Crippen LogP contribution < -0.4 is 10.1 Å². The fourth-order valence-corrected chi connectivity index (χ4v) is 5.22. The van der Waals surface area contributed by atoms with Crippen LogP contribution in [0.4, 0.5) is 5.69 Å². The minimum Gasteiger partial charge on any atom is -0.489 e. The van der Waals surface area contributed by atoms with E-state index in [0.29, 0.717) is 34.6 Å². The molecule has 0 bridgehead atoms. The third-order valence-corrected chi connectivity index (χ3v) is 7.22. The summed E-state index contributed by atoms with van der Waals surface area (Å²) in [5, 5.41) is 2.81. The maximum Gasteiger partial charge on any atom is 0.256 e. The summed E-state index contributed by atoms with van der Waals surface area (Å²) in [6.45, 7) is 4.78. The number of halogens is 1. The molecule has 2 aromatic rings. The molecule has 1 saturated heterocycles. The SMILES string of the molecule is CC(C)Oc1ccc(S(=O)(=O)N2CCCCC2)cc1NC(=O)c1ccccc1Br. The van der Waals surface area contributed by atoms with E-state index in [1.807, 2.05) is 19.9 Å². The number of carbonyl (C=O) groups is 1. The first-order chi connectivity index (χ1) is 13.8. The van der Waals surface area contributed by atoms with Crippen molar-refractivity contribution in [3.05, 3.63) is 52.5 Å². The van der Waals surface area contributed by atoms with Crippen molar-refractivity contribution in [1.82, 2.24) is 4.31 Å². The molecule has 2 aromatic carbocycles. The molecule has 1 fully saturated rings. The standard InChI is InChI=1S/C21H25BrN2O4S/c1-15(2)28-20-11-10-16(29(26,27)24-12-6-3-7-13-24)14-19(20)23-21(25)17-8-4-5-9-18(17)22/h4-5,8-11,14-15H,3,6-7,12-13H2,1-2H3,(H,23,25). The molecule has 0 spiro atoms. The number of amides is 1. The van der Waals surface area contributed by atoms with Gasteiger partial charge in [0, 0.05) is 17.6 Å². The molecule has 1 heterocycles. The minimum atomic E-state index is -3.62. The van der Waals surface area contributed by atoms with Gasteiger partial charge < -0.3 is 10.1 Å². The Bertz CT molecular complexity index is 986. The predicted molar refractivity (Wildman–Crippen MR) is 117 cm³/mol. The Morgan fingerprint density at radius 1 is 1.10 bits per heavy atom. The zero-order valence-electron chi connectivity index (χ0n) is 16.5. The number of nitrogens with zero attached hydrogens (tertiary/aromatic N) is 1. The van der Waals surface area contributed by atoms with Crippen molar-refractivity contribution in [3.63, 3.8) is 0 Å². The van der Waals surface area contributed by atoms with Gasteiger partial charge in [0.15, 0.2) is 0 Å². The molecule has 0 radical (unpaired) electrons. The van der Waals surface area contributed by atoms with E-state index in [2.05, 4.69) is 21.2 Å². The van der Waals surface area contributed by atoms with E-state index in [-0.39, 0.29) is 16.9 Å². The van der Waals surface area contributed by atoms with E-state index in [1.54, 1.807) is 24.3 Å². The van der Waals surface area contributed by atoms with Crippen LogP contribution in [0.5, 0.6) is 5.75 Å². The van der Waals surface area contributed by atoms with Crippen LogP contribution in [0.15, 0.2) is 51.8 Å². The van der Waals surface area contributed by atoms with Gasteiger partial charge in [-0.1, -0.05) is 18.6 Å². The zero-order valence-corrected chi connectivity index (χ0v) is 18.9. The third-order valence-electron chi connectivity index (χ3n) is 4.63. The largest absolute Gasteiger partial charge is 0.489 e. The van der Waals surface area contributed by atoms with Gasteiger partial charge in [-0.05, 0) is 73.0 Å². The van der Waals surface area contributed by atoms with Crippen molar-refractivity contribution in [2.45, 2.75) is 44.1 Å². The van der Waals surface area contributed by atoms with Gasteiger partial charge in [-0.3, -0.25) is 4.79 Å². The molecular weight excluding hydrogens is 456 g/mol. The molecule has 1 N–H and O–H groups in total. The van der Waals surface area contributed by atoms with Crippen LogP contribution in [0, 0.1) is 0 Å². The van der Waals surface area contributed by atoms with Crippen molar-refractivity contribution in [2.24, 2.45) is 0 Å². The lowest BCUT2D eigenvalue weighted by Gasteiger charge is -2.26. The summed E-state index contributed by atoms with van der Waals surface area (Å²) >= 11 is 3.37. The second-order valence-electron chi connectivity index (χ2n) is 7.22. The Morgan fingerprint density at radius 2 is 1.79 bits per heavy atom. The Labute approximate surface area is 180 Å². The molecule has 0 aromatic heterocycles. The summed E-state index contributed by atoms with van der Waals surface area (Å²) in [4.78, 5) is 12.9. The number of sulfonamides is 1. The van der Waals surface area contributed by atoms with E-state index in [9.17, 15) is 13.2 Å². The smallest absolute Gasteiger partial charge is 0.256 e. The van der Waals surface area contributed by atoms with E-state index in [1.165, 1.54) is 16.4 Å². The maximum atomic E-state index is 13.0. The van der Waals surface area contributed by atoms with Crippen LogP contribution in [-0.4, -0.2) is 37.8 Å². The number of nitrogens with one attached hydrogen (secondary N) is 1. The molecule has 0 aliphatic carbocycles. The van der Waals surface area contributed by atoms with Crippen molar-refractivity contribution >= 4 is 37.5 Å². The lowest BCUT2D eigenvalue weighted by Crippen LogP contribution is -2.35. The summed E-state index contributed by atoms with van der Waals surface area (Å²) in [5.41, 5.74) is 0.782. The lowest BCUT2D eigenvalue weighted by molar-refractivity contribution is 0.102. The van der Waals surface area contributed by atoms with Crippen molar-refractivity contribution in [3.8, 4) is 5.75 Å². The Morgan fingerprint density at radius 3 is 2.45 bits per heavy atom. The first-order valence-corrected chi connectivity index (χ1v) is 11.9. The number of rotatable bonds is 6. The average molecular weight is 481 g/mol. The summed E-state index contributed by atoms with van der Waals surface area (Å²) in [6, 6.07) is 11.7. The van der Waals surface area contributed by atoms with Gasteiger partial charge >= 0.3 is 0 Å². The van der Waals surface area contributed by atoms with Gasteiger partial charge in [0.1, 0.15) is 5.75 Å². The van der Waals surface area contributed by atoms with E-state index >= 15 is 0 Å². The lowest BCUT2D eigenvalue weighted by atomic mass is 10.2. The minimum absolute atomic E-state index is 0.126. The molecule has 29 heavy (non-hydrogen) atoms. The van der Waals surface area contributed by atoms with Gasteiger partial charge in [-0.25, -0.2) is 8.42 Å². The van der Waals surface area contributed by atoms with E-state index < -0.39 is 10.0 Å². The topological polar surface area (TPSA) is 75.7 Å². The molecule has 1 aliphatic heterocycles. The Balaban J connectivity index is 1.96. The number of hydrogen-bond acceptors (Lipinski definition) is 4. The molecule has 0 unspecified atom stereocenters. The summed E-state index contributed by atoms with van der Waals surface area (Å²) < 4.78 is 34.0. The number of hydrogen-bond donors (Lipinski definition) is 1. The van der Waals surface area contributed by atoms with Gasteiger partial charge in [-0.2, -0.15) is 4.31 Å². The monoisotopic (exact) mass is 480 g/mol. The molecule has 1 aliphatic rings. The van der Waals surface area contributed by atoms with Gasteiger partial charge in [-0.15, -0.1) is 0 Å². The Hall–Kier alpha value is -1.90. The highest BCUT2D eigenvalue weighted by Crippen LogP contribution is 2.31. The second-order valence-corrected chi connectivity index (χ2v) is 10.0. The maximum absolute atomic E-state index is 13.0. The molecule has 0 atom stereocenters. The second kappa shape index (κ2) is 9.28. The predicted octanol–water partition coefficient (Wildman–Crippen LogP) is 4.66. The highest BCUT2D eigenvalue weighted by atomic mass is 79.9. The van der Waals surface area contributed by atoms with E-state index in [0.717, 1.165) is 19.3 Å². The third kappa shape index (κ3) is 5.18. The van der Waals surface area contributed by atoms with Crippen LogP contribution in [0.3, 0.4) is 0 Å². The number of anilines is 1. The summed E-state index contributed by atoms with van der Waals surface area (Å²) in [6.07, 6.45) is 2.64. The molecule has 3 rings (SSSR count). The fourth-order valence-electron chi connectivity index (χ4n) is 3.21. The first kappa shape index (κ1) is 21.8. The van der Waals surface area contributed by atoms with Crippen LogP contribution in [-0.2, 0) is 10.0 Å². The van der Waals surface area contributed by atoms with Crippen LogP contribution in [0.2, 0.25) is 0 Å². The molecule has 6 nitrogen and oxygen atoms in total. The highest BCUT2D eigenvalue weighted by Gasteiger charge is 2.27. The van der Waals surface area contributed by atoms with Crippen molar-refractivity contribution in [1.29, 1.82) is 0 Å². The molecule has 1 amide bonds. The fraction of sp³-hybridized carbons (Fsp3) is 0.381. The number of ether oxygens (including phenoxy) is 1. The first-order valence-electron chi connectivity index (χ1n) is 9.66. The van der Waals surface area contributed by atoms with Crippen LogP contribution >= 0.6 is 15.9 Å². The number of piperidine rings is 1. The van der Waals surface area contributed by atoms with Crippen molar-refractivity contribution < 1.29 is 17.9 Å². The van der Waals surface area contributed by atoms with Gasteiger partial charge in [0.05, 0.1) is 22.3 Å².